The highest BCUT2D eigenvalue weighted by atomic mass is 16.2. The number of carbonyl (C=O) groups is 2. The van der Waals surface area contributed by atoms with Crippen molar-refractivity contribution in [2.45, 2.75) is 19.3 Å². The normalized spacial score (nSPS) is 14.8. The van der Waals surface area contributed by atoms with E-state index in [9.17, 15) is 9.59 Å². The zero-order valence-corrected chi connectivity index (χ0v) is 12.3. The molecule has 1 aromatic carbocycles. The molecule has 2 N–H and O–H groups in total. The van der Waals surface area contributed by atoms with Gasteiger partial charge in [-0.15, -0.1) is 0 Å². The summed E-state index contributed by atoms with van der Waals surface area (Å²) in [5.74, 6) is 0.0316. The first-order chi connectivity index (χ1) is 10.3. The quantitative estimate of drug-likeness (QED) is 0.804. The number of benzene rings is 1. The molecule has 0 radical (unpaired) electrons. The van der Waals surface area contributed by atoms with E-state index in [1.165, 1.54) is 5.56 Å². The van der Waals surface area contributed by atoms with Gasteiger partial charge in [0.1, 0.15) is 0 Å². The van der Waals surface area contributed by atoms with Crippen molar-refractivity contribution in [1.82, 2.24) is 15.5 Å². The first-order valence-electron chi connectivity index (χ1n) is 7.55. The van der Waals surface area contributed by atoms with Crippen LogP contribution in [0.25, 0.3) is 0 Å². The molecule has 0 atom stereocenters. The summed E-state index contributed by atoms with van der Waals surface area (Å²) in [6.07, 6.45) is 1.40. The molecule has 1 aliphatic heterocycles. The van der Waals surface area contributed by atoms with E-state index in [1.54, 1.807) is 0 Å². The summed E-state index contributed by atoms with van der Waals surface area (Å²) in [7, 11) is 0. The number of amides is 2. The second-order valence-electron chi connectivity index (χ2n) is 5.22. The van der Waals surface area contributed by atoms with Crippen LogP contribution in [-0.2, 0) is 16.0 Å². The van der Waals surface area contributed by atoms with Crippen LogP contribution >= 0.6 is 0 Å². The molecule has 114 valence electrons. The molecule has 0 aliphatic carbocycles. The van der Waals surface area contributed by atoms with Gasteiger partial charge in [0.05, 0.1) is 0 Å². The molecule has 2 rings (SSSR count). The minimum absolute atomic E-state index is 0.0468. The van der Waals surface area contributed by atoms with Gasteiger partial charge in [-0.25, -0.2) is 0 Å². The molecule has 1 heterocycles. The summed E-state index contributed by atoms with van der Waals surface area (Å²) in [5.41, 5.74) is 1.20. The molecule has 0 unspecified atom stereocenters. The maximum Gasteiger partial charge on any atom is 0.223 e. The van der Waals surface area contributed by atoms with E-state index in [4.69, 9.17) is 0 Å². The lowest BCUT2D eigenvalue weighted by atomic mass is 10.1. The molecule has 1 aliphatic rings. The average Bonchev–Trinajstić information content (AvgIpc) is 2.54. The van der Waals surface area contributed by atoms with E-state index >= 15 is 0 Å². The Labute approximate surface area is 125 Å². The van der Waals surface area contributed by atoms with Gasteiger partial charge < -0.3 is 15.5 Å². The Bertz CT molecular complexity index is 456. The number of hydrogen-bond donors (Lipinski definition) is 2. The second-order valence-corrected chi connectivity index (χ2v) is 5.22. The number of hydrogen-bond acceptors (Lipinski definition) is 3. The Morgan fingerprint density at radius 2 is 1.81 bits per heavy atom. The maximum atomic E-state index is 11.9. The van der Waals surface area contributed by atoms with Crippen LogP contribution in [0.3, 0.4) is 0 Å². The number of piperazine rings is 1. The van der Waals surface area contributed by atoms with E-state index in [-0.39, 0.29) is 18.2 Å². The Hall–Kier alpha value is -1.88. The van der Waals surface area contributed by atoms with Crippen molar-refractivity contribution in [3.63, 3.8) is 0 Å². The first kappa shape index (κ1) is 15.5. The summed E-state index contributed by atoms with van der Waals surface area (Å²) < 4.78 is 0. The molecule has 2 amide bonds. The van der Waals surface area contributed by atoms with Crippen molar-refractivity contribution in [1.29, 1.82) is 0 Å². The zero-order valence-electron chi connectivity index (χ0n) is 12.3. The molecule has 1 aromatic rings. The van der Waals surface area contributed by atoms with Crippen LogP contribution in [0.4, 0.5) is 0 Å². The van der Waals surface area contributed by atoms with Crippen LogP contribution in [0, 0.1) is 0 Å². The predicted molar refractivity (Wildman–Crippen MR) is 81.8 cm³/mol. The fraction of sp³-hybridized carbons (Fsp3) is 0.500. The number of nitrogens with zero attached hydrogens (tertiary/aromatic N) is 1. The van der Waals surface area contributed by atoms with Crippen LogP contribution in [0.2, 0.25) is 0 Å². The highest BCUT2D eigenvalue weighted by Gasteiger charge is 2.16. The Kier molecular flexibility index (Phi) is 6.22. The average molecular weight is 289 g/mol. The maximum absolute atomic E-state index is 11.9. The van der Waals surface area contributed by atoms with Crippen LogP contribution in [0.15, 0.2) is 30.3 Å². The molecule has 5 nitrogen and oxygen atoms in total. The summed E-state index contributed by atoms with van der Waals surface area (Å²) in [6.45, 7) is 3.79. The van der Waals surface area contributed by atoms with Gasteiger partial charge in [0.2, 0.25) is 11.8 Å². The lowest BCUT2D eigenvalue weighted by Gasteiger charge is -2.27. The van der Waals surface area contributed by atoms with Crippen molar-refractivity contribution in [2.75, 3.05) is 32.7 Å². The van der Waals surface area contributed by atoms with E-state index in [0.717, 1.165) is 32.6 Å². The van der Waals surface area contributed by atoms with Crippen LogP contribution < -0.4 is 10.6 Å². The minimum Gasteiger partial charge on any atom is -0.356 e. The van der Waals surface area contributed by atoms with Gasteiger partial charge in [0.25, 0.3) is 0 Å². The van der Waals surface area contributed by atoms with Gasteiger partial charge >= 0.3 is 0 Å². The van der Waals surface area contributed by atoms with E-state index < -0.39 is 0 Å². The van der Waals surface area contributed by atoms with Crippen LogP contribution in [-0.4, -0.2) is 49.4 Å². The largest absolute Gasteiger partial charge is 0.356 e. The van der Waals surface area contributed by atoms with Crippen LogP contribution in [0.5, 0.6) is 0 Å². The Balaban J connectivity index is 1.60. The molecule has 0 saturated carbocycles. The topological polar surface area (TPSA) is 61.4 Å². The minimum atomic E-state index is -0.0468. The van der Waals surface area contributed by atoms with Gasteiger partial charge in [0.15, 0.2) is 0 Å². The molecule has 0 spiro atoms. The number of nitrogens with one attached hydrogen (secondary N) is 2. The standard InChI is InChI=1S/C16H23N3O2/c20-15(18-9-8-14-4-2-1-3-5-14)6-7-16(21)19-12-10-17-11-13-19/h1-5,17H,6-13H2,(H,18,20). The van der Waals surface area contributed by atoms with E-state index in [2.05, 4.69) is 10.6 Å². The Morgan fingerprint density at radius 1 is 1.10 bits per heavy atom. The van der Waals surface area contributed by atoms with Gasteiger partial charge in [0, 0.05) is 45.6 Å². The van der Waals surface area contributed by atoms with E-state index in [0.29, 0.717) is 13.0 Å². The summed E-state index contributed by atoms with van der Waals surface area (Å²) >= 11 is 0. The lowest BCUT2D eigenvalue weighted by Crippen LogP contribution is -2.46. The molecule has 1 saturated heterocycles. The third-order valence-electron chi connectivity index (χ3n) is 3.61. The molecular weight excluding hydrogens is 266 g/mol. The summed E-state index contributed by atoms with van der Waals surface area (Å²) in [5, 5.41) is 6.07. The summed E-state index contributed by atoms with van der Waals surface area (Å²) in [4.78, 5) is 25.5. The van der Waals surface area contributed by atoms with Gasteiger partial charge in [-0.1, -0.05) is 30.3 Å². The van der Waals surface area contributed by atoms with Crippen molar-refractivity contribution in [2.24, 2.45) is 0 Å². The fourth-order valence-corrected chi connectivity index (χ4v) is 2.37. The smallest absolute Gasteiger partial charge is 0.223 e. The molecule has 0 aromatic heterocycles. The van der Waals surface area contributed by atoms with Crippen molar-refractivity contribution in [3.05, 3.63) is 35.9 Å². The van der Waals surface area contributed by atoms with Gasteiger partial charge in [-0.3, -0.25) is 9.59 Å². The lowest BCUT2D eigenvalue weighted by molar-refractivity contribution is -0.134. The van der Waals surface area contributed by atoms with Gasteiger partial charge in [-0.05, 0) is 12.0 Å². The number of rotatable bonds is 6. The molecule has 5 heteroatoms. The monoisotopic (exact) mass is 289 g/mol. The molecule has 21 heavy (non-hydrogen) atoms. The third kappa shape index (κ3) is 5.55. The SMILES string of the molecule is O=C(CCC(=O)N1CCNCC1)NCCc1ccccc1. The highest BCUT2D eigenvalue weighted by Crippen LogP contribution is 2.01. The van der Waals surface area contributed by atoms with E-state index in [1.807, 2.05) is 35.2 Å². The second kappa shape index (κ2) is 8.42. The van der Waals surface area contributed by atoms with Gasteiger partial charge in [-0.2, -0.15) is 0 Å². The summed E-state index contributed by atoms with van der Waals surface area (Å²) in [6, 6.07) is 10.0. The highest BCUT2D eigenvalue weighted by molar-refractivity contribution is 5.83. The van der Waals surface area contributed by atoms with Crippen molar-refractivity contribution >= 4 is 11.8 Å². The van der Waals surface area contributed by atoms with Crippen molar-refractivity contribution < 1.29 is 9.59 Å². The molecule has 1 fully saturated rings. The number of carbonyl (C=O) groups excluding carboxylic acids is 2. The fourth-order valence-electron chi connectivity index (χ4n) is 2.37. The van der Waals surface area contributed by atoms with Crippen molar-refractivity contribution in [3.8, 4) is 0 Å². The van der Waals surface area contributed by atoms with Crippen LogP contribution in [0.1, 0.15) is 18.4 Å². The Morgan fingerprint density at radius 3 is 2.52 bits per heavy atom. The third-order valence-corrected chi connectivity index (χ3v) is 3.61. The zero-order chi connectivity index (χ0) is 14.9. The molecule has 0 bridgehead atoms. The first-order valence-corrected chi connectivity index (χ1v) is 7.55. The molecular formula is C16H23N3O2. The predicted octanol–water partition coefficient (Wildman–Crippen LogP) is 0.557.